The Balaban J connectivity index is 1.96. The van der Waals surface area contributed by atoms with Gasteiger partial charge in [-0.05, 0) is 18.1 Å². The van der Waals surface area contributed by atoms with Crippen LogP contribution in [0.2, 0.25) is 0 Å². The number of hydrogen-bond acceptors (Lipinski definition) is 4. The highest BCUT2D eigenvalue weighted by molar-refractivity contribution is 5.74. The normalized spacial score (nSPS) is 11.4. The number of aromatic hydroxyl groups is 1. The van der Waals surface area contributed by atoms with Crippen LogP contribution in [0.15, 0.2) is 29.1 Å². The zero-order chi connectivity index (χ0) is 15.0. The average molecular weight is 284 g/mol. The summed E-state index contributed by atoms with van der Waals surface area (Å²) < 4.78 is 0. The summed E-state index contributed by atoms with van der Waals surface area (Å²) >= 11 is 0. The number of H-pyrrole nitrogens is 2. The monoisotopic (exact) mass is 284 g/mol. The first-order valence-electron chi connectivity index (χ1n) is 6.80. The van der Waals surface area contributed by atoms with Crippen molar-refractivity contribution < 1.29 is 5.11 Å². The van der Waals surface area contributed by atoms with Crippen molar-refractivity contribution >= 4 is 11.0 Å². The second-order valence-corrected chi connectivity index (χ2v) is 5.28. The lowest BCUT2D eigenvalue weighted by Crippen LogP contribution is -2.18. The van der Waals surface area contributed by atoms with Crippen LogP contribution in [0.3, 0.4) is 0 Å². The fourth-order valence-corrected chi connectivity index (χ4v) is 2.37. The summed E-state index contributed by atoms with van der Waals surface area (Å²) in [4.78, 5) is 26.3. The molecule has 0 aliphatic carbocycles. The Labute approximate surface area is 120 Å². The summed E-state index contributed by atoms with van der Waals surface area (Å²) in [5.41, 5.74) is 1.79. The predicted octanol–water partition coefficient (Wildman–Crippen LogP) is 2.07. The molecular formula is C15H16N4O2. The minimum Gasteiger partial charge on any atom is -0.493 e. The largest absolute Gasteiger partial charge is 0.493 e. The summed E-state index contributed by atoms with van der Waals surface area (Å²) in [6, 6.07) is 7.68. The lowest BCUT2D eigenvalue weighted by atomic mass is 10.1. The first-order valence-corrected chi connectivity index (χ1v) is 6.80. The van der Waals surface area contributed by atoms with Gasteiger partial charge in [-0.2, -0.15) is 4.98 Å². The number of fused-ring (bicyclic) bond motifs is 1. The predicted molar refractivity (Wildman–Crippen MR) is 79.5 cm³/mol. The van der Waals surface area contributed by atoms with Gasteiger partial charge in [0.25, 0.3) is 5.56 Å². The van der Waals surface area contributed by atoms with Gasteiger partial charge in [-0.1, -0.05) is 26.0 Å². The third-order valence-electron chi connectivity index (χ3n) is 3.33. The first kappa shape index (κ1) is 13.4. The van der Waals surface area contributed by atoms with Gasteiger partial charge in [0, 0.05) is 0 Å². The third kappa shape index (κ3) is 2.52. The van der Waals surface area contributed by atoms with Gasteiger partial charge in [0.1, 0.15) is 11.6 Å². The molecule has 0 saturated carbocycles. The zero-order valence-electron chi connectivity index (χ0n) is 11.8. The van der Waals surface area contributed by atoms with Crippen LogP contribution in [0.1, 0.15) is 37.0 Å². The van der Waals surface area contributed by atoms with Crippen LogP contribution >= 0.6 is 0 Å². The van der Waals surface area contributed by atoms with Crippen molar-refractivity contribution in [2.45, 2.75) is 26.2 Å². The van der Waals surface area contributed by atoms with Gasteiger partial charge in [-0.3, -0.25) is 4.79 Å². The van der Waals surface area contributed by atoms with Crippen LogP contribution < -0.4 is 5.56 Å². The van der Waals surface area contributed by atoms with E-state index in [1.807, 2.05) is 38.1 Å². The van der Waals surface area contributed by atoms with E-state index in [1.54, 1.807) is 0 Å². The maximum absolute atomic E-state index is 12.0. The molecule has 0 amide bonds. The van der Waals surface area contributed by atoms with Gasteiger partial charge in [0.05, 0.1) is 23.0 Å². The number of aromatic amines is 2. The second kappa shape index (κ2) is 5.05. The molecular weight excluding hydrogens is 268 g/mol. The Bertz CT molecular complexity index is 815. The van der Waals surface area contributed by atoms with Gasteiger partial charge < -0.3 is 15.1 Å². The van der Waals surface area contributed by atoms with Crippen molar-refractivity contribution in [2.75, 3.05) is 0 Å². The molecule has 21 heavy (non-hydrogen) atoms. The van der Waals surface area contributed by atoms with Crippen molar-refractivity contribution in [1.29, 1.82) is 0 Å². The van der Waals surface area contributed by atoms with Gasteiger partial charge >= 0.3 is 0 Å². The average Bonchev–Trinajstić information content (AvgIpc) is 2.79. The van der Waals surface area contributed by atoms with Crippen molar-refractivity contribution in [3.63, 3.8) is 0 Å². The minimum absolute atomic E-state index is 0.0819. The highest BCUT2D eigenvalue weighted by Crippen LogP contribution is 2.19. The van der Waals surface area contributed by atoms with Crippen molar-refractivity contribution in [3.05, 3.63) is 51.8 Å². The van der Waals surface area contributed by atoms with Crippen molar-refractivity contribution in [3.8, 4) is 5.88 Å². The Hall–Kier alpha value is -2.63. The van der Waals surface area contributed by atoms with Gasteiger partial charge in [-0.25, -0.2) is 4.98 Å². The molecule has 0 unspecified atom stereocenters. The lowest BCUT2D eigenvalue weighted by Gasteiger charge is -2.07. The van der Waals surface area contributed by atoms with Crippen LogP contribution in [0.25, 0.3) is 11.0 Å². The maximum atomic E-state index is 12.0. The van der Waals surface area contributed by atoms with Gasteiger partial charge in [0.2, 0.25) is 5.88 Å². The molecule has 0 spiro atoms. The van der Waals surface area contributed by atoms with Crippen LogP contribution in [-0.4, -0.2) is 25.0 Å². The van der Waals surface area contributed by atoms with E-state index in [-0.39, 0.29) is 17.4 Å². The number of benzene rings is 1. The number of nitrogens with one attached hydrogen (secondary N) is 2. The number of para-hydroxylation sites is 2. The summed E-state index contributed by atoms with van der Waals surface area (Å²) in [6.45, 7) is 3.68. The van der Waals surface area contributed by atoms with E-state index >= 15 is 0 Å². The van der Waals surface area contributed by atoms with E-state index < -0.39 is 0 Å². The van der Waals surface area contributed by atoms with E-state index in [4.69, 9.17) is 0 Å². The lowest BCUT2D eigenvalue weighted by molar-refractivity contribution is 0.436. The molecule has 1 aromatic carbocycles. The molecule has 3 N–H and O–H groups in total. The van der Waals surface area contributed by atoms with E-state index in [9.17, 15) is 9.90 Å². The Morgan fingerprint density at radius 2 is 1.86 bits per heavy atom. The fourth-order valence-electron chi connectivity index (χ4n) is 2.37. The molecule has 2 heterocycles. The van der Waals surface area contributed by atoms with E-state index in [0.29, 0.717) is 23.6 Å². The highest BCUT2D eigenvalue weighted by Gasteiger charge is 2.15. The number of nitrogens with zero attached hydrogens (tertiary/aromatic N) is 2. The molecule has 0 bridgehead atoms. The molecule has 6 heteroatoms. The van der Waals surface area contributed by atoms with E-state index in [0.717, 1.165) is 11.0 Å². The molecule has 0 aliphatic rings. The quantitative estimate of drug-likeness (QED) is 0.686. The summed E-state index contributed by atoms with van der Waals surface area (Å²) in [5, 5.41) is 9.90. The molecule has 0 fully saturated rings. The number of aromatic nitrogens is 4. The van der Waals surface area contributed by atoms with E-state index in [1.165, 1.54) is 0 Å². The standard InChI is InChI=1S/C15H16N4O2/c1-8(2)13-14(20)18-12(19-15(13)21)7-11-16-9-5-3-4-6-10(9)17-11/h3-6,8H,7H2,1-2H3,(H,16,17)(H2,18,19,20,21). The van der Waals surface area contributed by atoms with E-state index in [2.05, 4.69) is 19.9 Å². The maximum Gasteiger partial charge on any atom is 0.258 e. The molecule has 0 aliphatic heterocycles. The fraction of sp³-hybridized carbons (Fsp3) is 0.267. The molecule has 2 aromatic heterocycles. The van der Waals surface area contributed by atoms with Gasteiger partial charge in [-0.15, -0.1) is 0 Å². The molecule has 6 nitrogen and oxygen atoms in total. The Morgan fingerprint density at radius 1 is 1.14 bits per heavy atom. The van der Waals surface area contributed by atoms with Crippen LogP contribution in [0.4, 0.5) is 0 Å². The molecule has 3 aromatic rings. The zero-order valence-corrected chi connectivity index (χ0v) is 11.8. The molecule has 0 radical (unpaired) electrons. The summed E-state index contributed by atoms with van der Waals surface area (Å²) in [6.07, 6.45) is 0.329. The second-order valence-electron chi connectivity index (χ2n) is 5.28. The first-order chi connectivity index (χ1) is 10.0. The summed E-state index contributed by atoms with van der Waals surface area (Å²) in [7, 11) is 0. The smallest absolute Gasteiger partial charge is 0.258 e. The number of rotatable bonds is 3. The van der Waals surface area contributed by atoms with Crippen LogP contribution in [-0.2, 0) is 6.42 Å². The third-order valence-corrected chi connectivity index (χ3v) is 3.33. The Kier molecular flexibility index (Phi) is 3.21. The van der Waals surface area contributed by atoms with Gasteiger partial charge in [0.15, 0.2) is 0 Å². The van der Waals surface area contributed by atoms with Crippen molar-refractivity contribution in [1.82, 2.24) is 19.9 Å². The van der Waals surface area contributed by atoms with Crippen LogP contribution in [0.5, 0.6) is 5.88 Å². The highest BCUT2D eigenvalue weighted by atomic mass is 16.3. The SMILES string of the molecule is CC(C)c1c(O)nc(Cc2nc3ccccc3[nH]2)[nH]c1=O. The van der Waals surface area contributed by atoms with Crippen LogP contribution in [0, 0.1) is 0 Å². The minimum atomic E-state index is -0.302. The summed E-state index contributed by atoms with van der Waals surface area (Å²) in [5.74, 6) is 0.790. The van der Waals surface area contributed by atoms with Crippen molar-refractivity contribution in [2.24, 2.45) is 0 Å². The Morgan fingerprint density at radius 3 is 2.52 bits per heavy atom. The number of imidazole rings is 1. The number of hydrogen-bond donors (Lipinski definition) is 3. The topological polar surface area (TPSA) is 94.7 Å². The molecule has 0 saturated heterocycles. The molecule has 108 valence electrons. The molecule has 0 atom stereocenters. The molecule has 3 rings (SSSR count).